The first kappa shape index (κ1) is 10.2. The second-order valence-corrected chi connectivity index (χ2v) is 3.67. The molecule has 0 unspecified atom stereocenters. The van der Waals surface area contributed by atoms with Gasteiger partial charge in [-0.2, -0.15) is 0 Å². The zero-order chi connectivity index (χ0) is 9.84. The molecule has 2 N–H and O–H groups in total. The van der Waals surface area contributed by atoms with Crippen molar-refractivity contribution >= 4 is 17.2 Å². The molecule has 0 saturated carbocycles. The van der Waals surface area contributed by atoms with E-state index >= 15 is 0 Å². The summed E-state index contributed by atoms with van der Waals surface area (Å²) in [5, 5.41) is 0. The Morgan fingerprint density at radius 2 is 2.38 bits per heavy atom. The van der Waals surface area contributed by atoms with Crippen LogP contribution >= 0.6 is 12.2 Å². The van der Waals surface area contributed by atoms with E-state index in [9.17, 15) is 0 Å². The van der Waals surface area contributed by atoms with Gasteiger partial charge in [0, 0.05) is 18.7 Å². The van der Waals surface area contributed by atoms with Gasteiger partial charge in [-0.15, -0.1) is 0 Å². The summed E-state index contributed by atoms with van der Waals surface area (Å²) in [6.07, 6.45) is 1.69. The van der Waals surface area contributed by atoms with Gasteiger partial charge >= 0.3 is 0 Å². The fourth-order valence-corrected chi connectivity index (χ4v) is 1.41. The van der Waals surface area contributed by atoms with E-state index < -0.39 is 0 Å². The van der Waals surface area contributed by atoms with Gasteiger partial charge in [0.2, 0.25) is 0 Å². The molecule has 0 atom stereocenters. The van der Waals surface area contributed by atoms with E-state index in [-0.39, 0.29) is 0 Å². The SMILES string of the molecule is Cc1occc1CN(C)CC(N)=S. The number of hydrogen-bond acceptors (Lipinski definition) is 3. The van der Waals surface area contributed by atoms with E-state index in [0.29, 0.717) is 11.5 Å². The van der Waals surface area contributed by atoms with Crippen molar-refractivity contribution in [3.63, 3.8) is 0 Å². The van der Waals surface area contributed by atoms with Crippen LogP contribution in [-0.4, -0.2) is 23.5 Å². The molecule has 72 valence electrons. The van der Waals surface area contributed by atoms with Gasteiger partial charge in [0.15, 0.2) is 0 Å². The van der Waals surface area contributed by atoms with Gasteiger partial charge in [-0.1, -0.05) is 12.2 Å². The lowest BCUT2D eigenvalue weighted by molar-refractivity contribution is 0.370. The van der Waals surface area contributed by atoms with E-state index in [1.165, 1.54) is 5.56 Å². The van der Waals surface area contributed by atoms with Crippen molar-refractivity contribution < 1.29 is 4.42 Å². The van der Waals surface area contributed by atoms with Crippen LogP contribution in [0.5, 0.6) is 0 Å². The Hall–Kier alpha value is -0.870. The maximum atomic E-state index is 5.43. The van der Waals surface area contributed by atoms with Crippen molar-refractivity contribution in [2.75, 3.05) is 13.6 Å². The minimum absolute atomic E-state index is 0.517. The van der Waals surface area contributed by atoms with E-state index in [2.05, 4.69) is 4.90 Å². The van der Waals surface area contributed by atoms with Crippen LogP contribution in [0.1, 0.15) is 11.3 Å². The topological polar surface area (TPSA) is 42.4 Å². The molecule has 0 radical (unpaired) electrons. The van der Waals surface area contributed by atoms with Crippen LogP contribution in [0.4, 0.5) is 0 Å². The molecule has 1 aromatic rings. The lowest BCUT2D eigenvalue weighted by Gasteiger charge is -2.14. The number of thiocarbonyl (C=S) groups is 1. The van der Waals surface area contributed by atoms with Crippen molar-refractivity contribution in [3.05, 3.63) is 23.7 Å². The summed E-state index contributed by atoms with van der Waals surface area (Å²) in [6, 6.07) is 1.96. The predicted molar refractivity (Wildman–Crippen MR) is 56.6 cm³/mol. The van der Waals surface area contributed by atoms with Crippen LogP contribution in [0.2, 0.25) is 0 Å². The number of nitrogens with zero attached hydrogens (tertiary/aromatic N) is 1. The Kier molecular flexibility index (Phi) is 3.45. The predicted octanol–water partition coefficient (Wildman–Crippen LogP) is 1.31. The van der Waals surface area contributed by atoms with Gasteiger partial charge in [0.05, 0.1) is 11.3 Å². The first-order valence-corrected chi connectivity index (χ1v) is 4.50. The quantitative estimate of drug-likeness (QED) is 0.741. The highest BCUT2D eigenvalue weighted by atomic mass is 32.1. The molecule has 0 aliphatic heterocycles. The third-order valence-electron chi connectivity index (χ3n) is 1.83. The van der Waals surface area contributed by atoms with Crippen molar-refractivity contribution in [1.29, 1.82) is 0 Å². The lowest BCUT2D eigenvalue weighted by Crippen LogP contribution is -2.28. The third kappa shape index (κ3) is 3.16. The molecule has 1 rings (SSSR count). The number of nitrogens with two attached hydrogens (primary N) is 1. The van der Waals surface area contributed by atoms with Crippen LogP contribution < -0.4 is 5.73 Å². The van der Waals surface area contributed by atoms with Gasteiger partial charge in [-0.25, -0.2) is 0 Å². The summed E-state index contributed by atoms with van der Waals surface area (Å²) in [5.41, 5.74) is 6.61. The molecule has 0 aliphatic carbocycles. The van der Waals surface area contributed by atoms with E-state index in [1.807, 2.05) is 20.0 Å². The molecule has 0 saturated heterocycles. The number of furan rings is 1. The number of hydrogen-bond donors (Lipinski definition) is 1. The highest BCUT2D eigenvalue weighted by Gasteiger charge is 2.05. The molecule has 4 heteroatoms. The molecular weight excluding hydrogens is 184 g/mol. The fourth-order valence-electron chi connectivity index (χ4n) is 1.19. The third-order valence-corrected chi connectivity index (χ3v) is 1.96. The Morgan fingerprint density at radius 3 is 2.85 bits per heavy atom. The zero-order valence-corrected chi connectivity index (χ0v) is 8.73. The average Bonchev–Trinajstić information content (AvgIpc) is 2.34. The van der Waals surface area contributed by atoms with Gasteiger partial charge in [0.25, 0.3) is 0 Å². The standard InChI is InChI=1S/C9H14N2OS/c1-7-8(3-4-12-7)5-11(2)6-9(10)13/h3-4H,5-6H2,1-2H3,(H2,10,13). The minimum Gasteiger partial charge on any atom is -0.469 e. The summed E-state index contributed by atoms with van der Waals surface area (Å²) < 4.78 is 5.18. The molecule has 13 heavy (non-hydrogen) atoms. The molecule has 0 bridgehead atoms. The van der Waals surface area contributed by atoms with Crippen LogP contribution in [-0.2, 0) is 6.54 Å². The van der Waals surface area contributed by atoms with E-state index in [1.54, 1.807) is 6.26 Å². The first-order valence-electron chi connectivity index (χ1n) is 4.09. The van der Waals surface area contributed by atoms with Crippen molar-refractivity contribution in [3.8, 4) is 0 Å². The van der Waals surface area contributed by atoms with Crippen LogP contribution in [0.25, 0.3) is 0 Å². The summed E-state index contributed by atoms with van der Waals surface area (Å²) in [5.74, 6) is 0.954. The summed E-state index contributed by atoms with van der Waals surface area (Å²) in [4.78, 5) is 2.57. The molecule has 0 aliphatic rings. The van der Waals surface area contributed by atoms with Crippen molar-refractivity contribution in [2.24, 2.45) is 5.73 Å². The maximum absolute atomic E-state index is 5.43. The number of aryl methyl sites for hydroxylation is 1. The molecule has 0 fully saturated rings. The largest absolute Gasteiger partial charge is 0.469 e. The van der Waals surface area contributed by atoms with Gasteiger partial charge in [-0.05, 0) is 20.0 Å². The minimum atomic E-state index is 0.517. The van der Waals surface area contributed by atoms with Crippen LogP contribution in [0.3, 0.4) is 0 Å². The van der Waals surface area contributed by atoms with Crippen LogP contribution in [0.15, 0.2) is 16.7 Å². The van der Waals surface area contributed by atoms with Crippen LogP contribution in [0, 0.1) is 6.92 Å². The van der Waals surface area contributed by atoms with E-state index in [4.69, 9.17) is 22.4 Å². The second kappa shape index (κ2) is 4.39. The highest BCUT2D eigenvalue weighted by Crippen LogP contribution is 2.10. The molecule has 3 nitrogen and oxygen atoms in total. The van der Waals surface area contributed by atoms with E-state index in [0.717, 1.165) is 12.3 Å². The summed E-state index contributed by atoms with van der Waals surface area (Å²) >= 11 is 4.81. The first-order chi connectivity index (χ1) is 6.09. The molecule has 1 aromatic heterocycles. The molecule has 0 spiro atoms. The Bertz CT molecular complexity index is 296. The smallest absolute Gasteiger partial charge is 0.105 e. The Labute approximate surface area is 83.5 Å². The summed E-state index contributed by atoms with van der Waals surface area (Å²) in [7, 11) is 1.98. The molecule has 0 amide bonds. The highest BCUT2D eigenvalue weighted by molar-refractivity contribution is 7.80. The van der Waals surface area contributed by atoms with Crippen molar-refractivity contribution in [2.45, 2.75) is 13.5 Å². The number of rotatable bonds is 4. The van der Waals surface area contributed by atoms with Gasteiger partial charge in [0.1, 0.15) is 5.76 Å². The average molecular weight is 198 g/mol. The zero-order valence-electron chi connectivity index (χ0n) is 7.91. The monoisotopic (exact) mass is 198 g/mol. The second-order valence-electron chi connectivity index (χ2n) is 3.14. The van der Waals surface area contributed by atoms with Crippen molar-refractivity contribution in [1.82, 2.24) is 4.90 Å². The normalized spacial score (nSPS) is 10.7. The van der Waals surface area contributed by atoms with Gasteiger partial charge in [-0.3, -0.25) is 4.90 Å². The number of likely N-dealkylation sites (N-methyl/N-ethyl adjacent to an activating group) is 1. The van der Waals surface area contributed by atoms with Gasteiger partial charge < -0.3 is 10.2 Å². The molecular formula is C9H14N2OS. The fraction of sp³-hybridized carbons (Fsp3) is 0.444. The Balaban J connectivity index is 2.49. The maximum Gasteiger partial charge on any atom is 0.105 e. The summed E-state index contributed by atoms with van der Waals surface area (Å²) in [6.45, 7) is 3.41. The Morgan fingerprint density at radius 1 is 1.69 bits per heavy atom. The molecule has 0 aromatic carbocycles. The lowest BCUT2D eigenvalue weighted by atomic mass is 10.2. The molecule has 1 heterocycles.